The molecule has 4 nitrogen and oxygen atoms in total. The van der Waals surface area contributed by atoms with Crippen molar-refractivity contribution in [2.24, 2.45) is 0 Å². The fourth-order valence-corrected chi connectivity index (χ4v) is 2.09. The highest BCUT2D eigenvalue weighted by molar-refractivity contribution is 5.98. The van der Waals surface area contributed by atoms with Crippen molar-refractivity contribution in [1.29, 1.82) is 0 Å². The molecule has 0 radical (unpaired) electrons. The molecule has 0 fully saturated rings. The number of hydrogen-bond acceptors (Lipinski definition) is 3. The Kier molecular flexibility index (Phi) is 4.93. The van der Waals surface area contributed by atoms with Crippen LogP contribution in [-0.4, -0.2) is 17.0 Å². The van der Waals surface area contributed by atoms with Crippen molar-refractivity contribution < 1.29 is 9.53 Å². The molecule has 0 saturated carbocycles. The van der Waals surface area contributed by atoms with Gasteiger partial charge in [0.25, 0.3) is 5.56 Å². The van der Waals surface area contributed by atoms with Crippen LogP contribution in [0.4, 0.5) is 0 Å². The molecule has 0 N–H and O–H groups in total. The first-order chi connectivity index (χ1) is 10.1. The molecule has 0 aliphatic heterocycles. The topological polar surface area (TPSA) is 48.3 Å². The molecular weight excluding hydrogens is 266 g/mol. The number of Topliss-reactive ketones (excluding diaryl/α,β-unsaturated/α-hetero) is 1. The molecule has 1 aromatic heterocycles. The molecule has 21 heavy (non-hydrogen) atoms. The Hall–Kier alpha value is -2.36. The second kappa shape index (κ2) is 6.88. The van der Waals surface area contributed by atoms with Crippen LogP contribution >= 0.6 is 0 Å². The van der Waals surface area contributed by atoms with Crippen molar-refractivity contribution in [3.63, 3.8) is 0 Å². The Labute approximate surface area is 124 Å². The summed E-state index contributed by atoms with van der Waals surface area (Å²) < 4.78 is 6.83. The lowest BCUT2D eigenvalue weighted by Crippen LogP contribution is -2.28. The molecule has 0 aliphatic carbocycles. The second-order valence-electron chi connectivity index (χ2n) is 4.84. The maximum atomic E-state index is 12.4. The smallest absolute Gasteiger partial charge is 0.293 e. The normalized spacial score (nSPS) is 11.9. The van der Waals surface area contributed by atoms with E-state index in [1.807, 2.05) is 25.1 Å². The Morgan fingerprint density at radius 3 is 2.57 bits per heavy atom. The van der Waals surface area contributed by atoms with E-state index in [2.05, 4.69) is 0 Å². The molecule has 1 atom stereocenters. The number of ketones is 1. The highest BCUT2D eigenvalue weighted by Gasteiger charge is 2.18. The van der Waals surface area contributed by atoms with Crippen molar-refractivity contribution in [2.45, 2.75) is 26.3 Å². The molecule has 0 amide bonds. The van der Waals surface area contributed by atoms with E-state index in [1.54, 1.807) is 37.4 Å². The van der Waals surface area contributed by atoms with E-state index in [0.717, 1.165) is 6.42 Å². The maximum Gasteiger partial charge on any atom is 0.293 e. The second-order valence-corrected chi connectivity index (χ2v) is 4.84. The summed E-state index contributed by atoms with van der Waals surface area (Å²) in [6, 6.07) is 11.8. The van der Waals surface area contributed by atoms with Crippen LogP contribution in [0.15, 0.2) is 53.5 Å². The van der Waals surface area contributed by atoms with Gasteiger partial charge in [0.05, 0.1) is 12.6 Å². The van der Waals surface area contributed by atoms with E-state index >= 15 is 0 Å². The molecule has 1 aromatic carbocycles. The van der Waals surface area contributed by atoms with Crippen molar-refractivity contribution >= 4 is 5.78 Å². The SMILES string of the molecule is CCCOc1cccn(C(C)C(=O)c2ccccc2)c1=O. The van der Waals surface area contributed by atoms with Crippen LogP contribution < -0.4 is 10.3 Å². The Morgan fingerprint density at radius 1 is 1.19 bits per heavy atom. The maximum absolute atomic E-state index is 12.4. The monoisotopic (exact) mass is 285 g/mol. The summed E-state index contributed by atoms with van der Waals surface area (Å²) in [5, 5.41) is 0. The van der Waals surface area contributed by atoms with E-state index in [0.29, 0.717) is 12.2 Å². The highest BCUT2D eigenvalue weighted by atomic mass is 16.5. The molecule has 0 saturated heterocycles. The number of benzene rings is 1. The quantitative estimate of drug-likeness (QED) is 0.766. The molecule has 2 rings (SSSR count). The van der Waals surface area contributed by atoms with Crippen LogP contribution in [0.5, 0.6) is 5.75 Å². The predicted molar refractivity (Wildman–Crippen MR) is 82.0 cm³/mol. The third kappa shape index (κ3) is 3.40. The summed E-state index contributed by atoms with van der Waals surface area (Å²) in [5.74, 6) is 0.192. The summed E-state index contributed by atoms with van der Waals surface area (Å²) in [6.45, 7) is 4.18. The van der Waals surface area contributed by atoms with Gasteiger partial charge in [0, 0.05) is 11.8 Å². The van der Waals surface area contributed by atoms with Crippen molar-refractivity contribution in [3.05, 3.63) is 64.6 Å². The molecule has 2 aromatic rings. The zero-order chi connectivity index (χ0) is 15.2. The first-order valence-electron chi connectivity index (χ1n) is 7.08. The number of carbonyl (C=O) groups is 1. The van der Waals surface area contributed by atoms with Crippen molar-refractivity contribution in [2.75, 3.05) is 6.61 Å². The van der Waals surface area contributed by atoms with E-state index in [1.165, 1.54) is 4.57 Å². The Balaban J connectivity index is 2.29. The first kappa shape index (κ1) is 15.0. The first-order valence-corrected chi connectivity index (χ1v) is 7.08. The van der Waals surface area contributed by atoms with Gasteiger partial charge in [-0.05, 0) is 25.5 Å². The predicted octanol–water partition coefficient (Wildman–Crippen LogP) is 3.08. The molecular formula is C17H19NO3. The average molecular weight is 285 g/mol. The minimum Gasteiger partial charge on any atom is -0.488 e. The largest absolute Gasteiger partial charge is 0.488 e. The minimum atomic E-state index is -0.565. The van der Waals surface area contributed by atoms with Crippen LogP contribution in [-0.2, 0) is 0 Å². The van der Waals surface area contributed by atoms with Gasteiger partial charge in [-0.3, -0.25) is 9.59 Å². The van der Waals surface area contributed by atoms with E-state index in [9.17, 15) is 9.59 Å². The Bertz CT molecular complexity index is 661. The number of rotatable bonds is 6. The fraction of sp³-hybridized carbons (Fsp3) is 0.294. The highest BCUT2D eigenvalue weighted by Crippen LogP contribution is 2.14. The number of nitrogens with zero attached hydrogens (tertiary/aromatic N) is 1. The molecule has 110 valence electrons. The van der Waals surface area contributed by atoms with Crippen LogP contribution in [0.25, 0.3) is 0 Å². The van der Waals surface area contributed by atoms with Crippen molar-refractivity contribution in [1.82, 2.24) is 4.57 Å². The zero-order valence-corrected chi connectivity index (χ0v) is 12.3. The number of carbonyl (C=O) groups excluding carboxylic acids is 1. The van der Waals surface area contributed by atoms with Gasteiger partial charge in [-0.25, -0.2) is 0 Å². The third-order valence-electron chi connectivity index (χ3n) is 3.26. The van der Waals surface area contributed by atoms with Crippen LogP contribution in [0, 0.1) is 0 Å². The van der Waals surface area contributed by atoms with E-state index < -0.39 is 6.04 Å². The van der Waals surface area contributed by atoms with Crippen LogP contribution in [0.1, 0.15) is 36.7 Å². The van der Waals surface area contributed by atoms with E-state index in [4.69, 9.17) is 4.74 Å². The fourth-order valence-electron chi connectivity index (χ4n) is 2.09. The number of hydrogen-bond donors (Lipinski definition) is 0. The summed E-state index contributed by atoms with van der Waals surface area (Å²) in [4.78, 5) is 24.8. The number of aromatic nitrogens is 1. The van der Waals surface area contributed by atoms with Crippen LogP contribution in [0.2, 0.25) is 0 Å². The van der Waals surface area contributed by atoms with Crippen molar-refractivity contribution in [3.8, 4) is 5.75 Å². The lowest BCUT2D eigenvalue weighted by Gasteiger charge is -2.15. The van der Waals surface area contributed by atoms with E-state index in [-0.39, 0.29) is 17.1 Å². The van der Waals surface area contributed by atoms with Gasteiger partial charge in [0.15, 0.2) is 11.5 Å². The lowest BCUT2D eigenvalue weighted by atomic mass is 10.1. The van der Waals surface area contributed by atoms with Gasteiger partial charge in [-0.1, -0.05) is 37.3 Å². The third-order valence-corrected chi connectivity index (χ3v) is 3.26. The summed E-state index contributed by atoms with van der Waals surface area (Å²) in [7, 11) is 0. The van der Waals surface area contributed by atoms with Gasteiger partial charge in [0.2, 0.25) is 0 Å². The molecule has 0 bridgehead atoms. The lowest BCUT2D eigenvalue weighted by molar-refractivity contribution is 0.0932. The number of pyridine rings is 1. The van der Waals surface area contributed by atoms with Gasteiger partial charge < -0.3 is 9.30 Å². The van der Waals surface area contributed by atoms with Gasteiger partial charge >= 0.3 is 0 Å². The van der Waals surface area contributed by atoms with Gasteiger partial charge in [-0.15, -0.1) is 0 Å². The molecule has 1 heterocycles. The molecule has 0 aliphatic rings. The minimum absolute atomic E-state index is 0.0923. The molecule has 1 unspecified atom stereocenters. The average Bonchev–Trinajstić information content (AvgIpc) is 2.53. The molecule has 4 heteroatoms. The molecule has 0 spiro atoms. The standard InChI is InChI=1S/C17H19NO3/c1-3-12-21-15-10-7-11-18(17(15)20)13(2)16(19)14-8-5-4-6-9-14/h4-11,13H,3,12H2,1-2H3. The number of ether oxygens (including phenoxy) is 1. The van der Waals surface area contributed by atoms with Gasteiger partial charge in [0.1, 0.15) is 0 Å². The summed E-state index contributed by atoms with van der Waals surface area (Å²) in [5.41, 5.74) is 0.319. The summed E-state index contributed by atoms with van der Waals surface area (Å²) in [6.07, 6.45) is 2.44. The summed E-state index contributed by atoms with van der Waals surface area (Å²) >= 11 is 0. The van der Waals surface area contributed by atoms with Crippen LogP contribution in [0.3, 0.4) is 0 Å². The van der Waals surface area contributed by atoms with Gasteiger partial charge in [-0.2, -0.15) is 0 Å². The zero-order valence-electron chi connectivity index (χ0n) is 12.3. The Morgan fingerprint density at radius 2 is 1.90 bits per heavy atom.